The fraction of sp³-hybridized carbons (Fsp3) is 0.667. The van der Waals surface area contributed by atoms with Crippen LogP contribution in [0.15, 0.2) is 24.4 Å². The summed E-state index contributed by atoms with van der Waals surface area (Å²) >= 11 is 0. The number of amides is 1. The molecule has 3 aliphatic rings. The summed E-state index contributed by atoms with van der Waals surface area (Å²) in [5.41, 5.74) is -0.0900. The van der Waals surface area contributed by atoms with Crippen LogP contribution in [0, 0.1) is 11.3 Å². The summed E-state index contributed by atoms with van der Waals surface area (Å²) in [7, 11) is 0. The third-order valence-corrected chi connectivity index (χ3v) is 5.89. The molecule has 1 aromatic heterocycles. The zero-order chi connectivity index (χ0) is 22.5. The smallest absolute Gasteiger partial charge is 0.477 e. The normalized spacial score (nSPS) is 25.6. The molecule has 0 aromatic carbocycles. The van der Waals surface area contributed by atoms with E-state index in [0.717, 1.165) is 45.4 Å². The number of alkyl halides is 3. The highest BCUT2D eigenvalue weighted by Gasteiger charge is 2.48. The minimum atomic E-state index is -5.08. The highest BCUT2D eigenvalue weighted by Crippen LogP contribution is 2.41. The van der Waals surface area contributed by atoms with E-state index in [2.05, 4.69) is 9.88 Å². The number of hydrogen-bond acceptors (Lipinski definition) is 5. The summed E-state index contributed by atoms with van der Waals surface area (Å²) in [6.07, 6.45) is 3.03. The van der Waals surface area contributed by atoms with Crippen LogP contribution in [0.5, 0.6) is 5.88 Å². The van der Waals surface area contributed by atoms with Gasteiger partial charge in [-0.25, -0.2) is 9.78 Å². The highest BCUT2D eigenvalue weighted by atomic mass is 19.4. The van der Waals surface area contributed by atoms with Gasteiger partial charge in [0.25, 0.3) is 0 Å². The largest absolute Gasteiger partial charge is 0.490 e. The van der Waals surface area contributed by atoms with Crippen LogP contribution in [-0.4, -0.2) is 65.5 Å². The number of pyridine rings is 1. The Bertz CT molecular complexity index is 757. The Morgan fingerprint density at radius 3 is 2.65 bits per heavy atom. The van der Waals surface area contributed by atoms with Gasteiger partial charge >= 0.3 is 12.1 Å². The van der Waals surface area contributed by atoms with Crippen molar-refractivity contribution in [2.75, 3.05) is 26.3 Å². The topological polar surface area (TPSA) is 89.0 Å². The van der Waals surface area contributed by atoms with Crippen molar-refractivity contribution in [1.82, 2.24) is 9.88 Å². The molecule has 0 bridgehead atoms. The van der Waals surface area contributed by atoms with Gasteiger partial charge in [-0.05, 0) is 44.1 Å². The Balaban J connectivity index is 0.000000339. The molecular formula is C21H27F3N2O5. The van der Waals surface area contributed by atoms with Gasteiger partial charge in [0.15, 0.2) is 0 Å². The zero-order valence-electron chi connectivity index (χ0n) is 17.1. The van der Waals surface area contributed by atoms with E-state index in [4.69, 9.17) is 19.4 Å². The average molecular weight is 444 g/mol. The maximum absolute atomic E-state index is 12.6. The summed E-state index contributed by atoms with van der Waals surface area (Å²) in [6, 6.07) is 5.70. The first kappa shape index (κ1) is 23.3. The average Bonchev–Trinajstić information content (AvgIpc) is 3.56. The highest BCUT2D eigenvalue weighted by molar-refractivity contribution is 5.77. The van der Waals surface area contributed by atoms with Crippen LogP contribution >= 0.6 is 0 Å². The Morgan fingerprint density at radius 2 is 2.03 bits per heavy atom. The number of piperidine rings is 1. The maximum atomic E-state index is 12.6. The first-order valence-corrected chi connectivity index (χ1v) is 10.4. The van der Waals surface area contributed by atoms with Gasteiger partial charge in [0.2, 0.25) is 11.8 Å². The molecule has 3 fully saturated rings. The number of nitrogens with zero attached hydrogens (tertiary/aromatic N) is 2. The number of carbonyl (C=O) groups excluding carboxylic acids is 1. The molecule has 0 radical (unpaired) electrons. The quantitative estimate of drug-likeness (QED) is 0.750. The van der Waals surface area contributed by atoms with E-state index in [1.54, 1.807) is 6.20 Å². The predicted molar refractivity (Wildman–Crippen MR) is 103 cm³/mol. The van der Waals surface area contributed by atoms with E-state index in [1.165, 1.54) is 12.8 Å². The van der Waals surface area contributed by atoms with Gasteiger partial charge in [-0.3, -0.25) is 4.79 Å². The number of carbonyl (C=O) groups is 2. The molecule has 1 amide bonds. The molecule has 10 heteroatoms. The molecule has 1 N–H and O–H groups in total. The first-order valence-electron chi connectivity index (χ1n) is 10.4. The molecule has 1 aromatic rings. The van der Waals surface area contributed by atoms with E-state index in [-0.39, 0.29) is 11.5 Å². The zero-order valence-corrected chi connectivity index (χ0v) is 17.1. The fourth-order valence-electron chi connectivity index (χ4n) is 4.06. The van der Waals surface area contributed by atoms with Crippen LogP contribution in [0.2, 0.25) is 0 Å². The molecule has 31 heavy (non-hydrogen) atoms. The lowest BCUT2D eigenvalue weighted by atomic mass is 9.73. The number of likely N-dealkylation sites (tertiary alicyclic amines) is 1. The van der Waals surface area contributed by atoms with E-state index >= 15 is 0 Å². The van der Waals surface area contributed by atoms with Crippen molar-refractivity contribution < 1.29 is 37.3 Å². The van der Waals surface area contributed by atoms with Crippen molar-refractivity contribution in [2.24, 2.45) is 11.3 Å². The monoisotopic (exact) mass is 444 g/mol. The van der Waals surface area contributed by atoms with Gasteiger partial charge in [0.1, 0.15) is 0 Å². The van der Waals surface area contributed by atoms with E-state index in [0.29, 0.717) is 24.3 Å². The van der Waals surface area contributed by atoms with E-state index in [1.807, 2.05) is 18.2 Å². The van der Waals surface area contributed by atoms with Gasteiger partial charge in [-0.15, -0.1) is 0 Å². The van der Waals surface area contributed by atoms with E-state index in [9.17, 15) is 18.0 Å². The van der Waals surface area contributed by atoms with Crippen molar-refractivity contribution in [2.45, 2.75) is 50.8 Å². The van der Waals surface area contributed by atoms with Gasteiger partial charge in [0, 0.05) is 43.8 Å². The number of carboxylic acids is 1. The lowest BCUT2D eigenvalue weighted by Crippen LogP contribution is -2.58. The summed E-state index contributed by atoms with van der Waals surface area (Å²) < 4.78 is 43.8. The summed E-state index contributed by atoms with van der Waals surface area (Å²) in [5, 5.41) is 7.12. The third kappa shape index (κ3) is 6.56. The number of rotatable bonds is 5. The number of fused-ring (bicyclic) bond motifs is 1. The van der Waals surface area contributed by atoms with Crippen LogP contribution in [-0.2, 0) is 14.3 Å². The van der Waals surface area contributed by atoms with Crippen molar-refractivity contribution in [3.05, 3.63) is 24.4 Å². The third-order valence-electron chi connectivity index (χ3n) is 5.89. The number of carboxylic acid groups (broad SMARTS) is 1. The SMILES string of the molecule is O=C(CC1CC1)N1CCC2OCCCC2(COc2ccccn2)C1.O=C(O)C(F)(F)F. The van der Waals surface area contributed by atoms with Gasteiger partial charge < -0.3 is 19.5 Å². The minimum Gasteiger partial charge on any atom is -0.477 e. The minimum absolute atomic E-state index is 0.0900. The molecule has 3 heterocycles. The first-order chi connectivity index (χ1) is 14.7. The van der Waals surface area contributed by atoms with Crippen LogP contribution < -0.4 is 4.74 Å². The van der Waals surface area contributed by atoms with Gasteiger partial charge in [0.05, 0.1) is 12.7 Å². The Morgan fingerprint density at radius 1 is 1.29 bits per heavy atom. The standard InChI is InChI=1S/C19H26N2O3.C2HF3O2/c22-18(12-15-5-6-15)21-10-7-16-19(13-21,8-3-11-23-16)14-24-17-4-1-2-9-20-17;3-2(4,5)1(6)7/h1-2,4,9,15-16H,3,5-8,10-14H2;(H,6,7). The molecular weight excluding hydrogens is 417 g/mol. The second-order valence-corrected chi connectivity index (χ2v) is 8.34. The number of aliphatic carboxylic acids is 1. The molecule has 2 saturated heterocycles. The van der Waals surface area contributed by atoms with Gasteiger partial charge in [-0.2, -0.15) is 13.2 Å². The van der Waals surface area contributed by atoms with E-state index < -0.39 is 12.1 Å². The van der Waals surface area contributed by atoms with Gasteiger partial charge in [-0.1, -0.05) is 6.07 Å². The van der Waals surface area contributed by atoms with Crippen LogP contribution in [0.1, 0.15) is 38.5 Å². The Labute approximate surface area is 178 Å². The van der Waals surface area contributed by atoms with Crippen molar-refractivity contribution in [1.29, 1.82) is 0 Å². The fourth-order valence-corrected chi connectivity index (χ4v) is 4.06. The van der Waals surface area contributed by atoms with Crippen molar-refractivity contribution in [3.8, 4) is 5.88 Å². The summed E-state index contributed by atoms with van der Waals surface area (Å²) in [4.78, 5) is 27.8. The van der Waals surface area contributed by atoms with Crippen molar-refractivity contribution >= 4 is 11.9 Å². The molecule has 0 spiro atoms. The number of aromatic nitrogens is 1. The number of ether oxygens (including phenoxy) is 2. The molecule has 172 valence electrons. The van der Waals surface area contributed by atoms with Crippen molar-refractivity contribution in [3.63, 3.8) is 0 Å². The van der Waals surface area contributed by atoms with Crippen LogP contribution in [0.25, 0.3) is 0 Å². The molecule has 7 nitrogen and oxygen atoms in total. The van der Waals surface area contributed by atoms with Crippen LogP contribution in [0.4, 0.5) is 13.2 Å². The number of halogens is 3. The molecule has 2 atom stereocenters. The molecule has 2 unspecified atom stereocenters. The maximum Gasteiger partial charge on any atom is 0.490 e. The second kappa shape index (κ2) is 9.84. The molecule has 2 aliphatic heterocycles. The summed E-state index contributed by atoms with van der Waals surface area (Å²) in [5.74, 6) is -1.15. The summed E-state index contributed by atoms with van der Waals surface area (Å²) in [6.45, 7) is 2.98. The molecule has 4 rings (SSSR count). The lowest BCUT2D eigenvalue weighted by molar-refractivity contribution is -0.192. The molecule has 1 saturated carbocycles. The molecule has 1 aliphatic carbocycles. The van der Waals surface area contributed by atoms with Crippen LogP contribution in [0.3, 0.4) is 0 Å². The number of hydrogen-bond donors (Lipinski definition) is 1. The predicted octanol–water partition coefficient (Wildman–Crippen LogP) is 3.29. The Hall–Kier alpha value is -2.36. The second-order valence-electron chi connectivity index (χ2n) is 8.34. The Kier molecular flexibility index (Phi) is 7.40. The lowest BCUT2D eigenvalue weighted by Gasteiger charge is -2.50.